The van der Waals surface area contributed by atoms with Gasteiger partial charge in [0.05, 0.1) is 6.61 Å². The van der Waals surface area contributed by atoms with Crippen LogP contribution in [-0.2, 0) is 22.7 Å². The number of rotatable bonds is 6. The van der Waals surface area contributed by atoms with Gasteiger partial charge in [-0.05, 0) is 4.31 Å². The molecule has 15 heteroatoms. The molecule has 1 aliphatic heterocycles. The zero-order chi connectivity index (χ0) is 18.1. The highest BCUT2D eigenvalue weighted by atomic mass is 31.2. The van der Waals surface area contributed by atoms with Crippen molar-refractivity contribution in [3.8, 4) is 0 Å². The Bertz CT molecular complexity index is 775. The number of hydrogen-bond acceptors (Lipinski definition) is 9. The Labute approximate surface area is 133 Å². The van der Waals surface area contributed by atoms with Gasteiger partial charge >= 0.3 is 21.8 Å². The van der Waals surface area contributed by atoms with Crippen LogP contribution >= 0.6 is 16.1 Å². The van der Waals surface area contributed by atoms with E-state index < -0.39 is 58.5 Å². The summed E-state index contributed by atoms with van der Waals surface area (Å²) in [6.45, 7) is -0.788. The molecule has 24 heavy (non-hydrogen) atoms. The van der Waals surface area contributed by atoms with Crippen LogP contribution in [0.3, 0.4) is 0 Å². The van der Waals surface area contributed by atoms with Crippen LogP contribution in [-0.4, -0.2) is 54.5 Å². The zero-order valence-corrected chi connectivity index (χ0v) is 13.4. The minimum Gasteiger partial charge on any atom is -0.387 e. The van der Waals surface area contributed by atoms with Gasteiger partial charge in [0.1, 0.15) is 18.3 Å². The van der Waals surface area contributed by atoms with Gasteiger partial charge in [0.2, 0.25) is 0 Å². The fourth-order valence-corrected chi connectivity index (χ4v) is 3.23. The summed E-state index contributed by atoms with van der Waals surface area (Å²) in [6, 6.07) is 0.987. The topological polar surface area (TPSA) is 198 Å². The summed E-state index contributed by atoms with van der Waals surface area (Å²) in [5.41, 5.74) is -1.59. The molecule has 5 N–H and O–H groups in total. The predicted octanol–water partition coefficient (Wildman–Crippen LogP) is -2.06. The van der Waals surface area contributed by atoms with Gasteiger partial charge < -0.3 is 14.9 Å². The molecule has 0 aromatic carbocycles. The van der Waals surface area contributed by atoms with Crippen LogP contribution in [0, 0.1) is 0 Å². The van der Waals surface area contributed by atoms with Crippen LogP contribution in [0.15, 0.2) is 21.9 Å². The van der Waals surface area contributed by atoms with E-state index >= 15 is 0 Å². The molecule has 0 amide bonds. The van der Waals surface area contributed by atoms with E-state index in [1.807, 2.05) is 4.98 Å². The Morgan fingerprint density at radius 2 is 2.04 bits per heavy atom. The number of aliphatic hydroxyl groups excluding tert-OH is 2. The third-order valence-electron chi connectivity index (χ3n) is 3.04. The van der Waals surface area contributed by atoms with E-state index in [0.29, 0.717) is 0 Å². The van der Waals surface area contributed by atoms with Crippen LogP contribution in [0.2, 0.25) is 0 Å². The maximum absolute atomic E-state index is 11.7. The minimum atomic E-state index is -4.88. The van der Waals surface area contributed by atoms with Crippen LogP contribution in [0.5, 0.6) is 0 Å². The van der Waals surface area contributed by atoms with E-state index in [2.05, 4.69) is 8.83 Å². The van der Waals surface area contributed by atoms with Crippen molar-refractivity contribution >= 4 is 16.1 Å². The van der Waals surface area contributed by atoms with Gasteiger partial charge in [-0.15, -0.1) is 4.89 Å². The number of phosphoric acid groups is 1. The Morgan fingerprint density at radius 3 is 2.62 bits per heavy atom. The van der Waals surface area contributed by atoms with Crippen LogP contribution in [0.25, 0.3) is 0 Å². The average molecular weight is 387 g/mol. The molecule has 2 rings (SSSR count). The third kappa shape index (κ3) is 4.42. The summed E-state index contributed by atoms with van der Waals surface area (Å²) in [4.78, 5) is 42.1. The highest BCUT2D eigenvalue weighted by Crippen LogP contribution is 2.51. The summed E-state index contributed by atoms with van der Waals surface area (Å²) in [5.74, 6) is 0. The van der Waals surface area contributed by atoms with Gasteiger partial charge in [0.25, 0.3) is 5.56 Å². The standard InChI is InChI=1S/C9H12N2O11P2/c12-5-1-2-11(9(15)10-5)8-7(14)6(13)4(21-8)3-20-24(18,19)22-23(16)17/h1-2,4,6-8,13-14H,3H2,(H2-,10,12,15,16,17,18,19)/p+1/t4-,6-,7-,8-/m1/s1. The van der Waals surface area contributed by atoms with Crippen LogP contribution in [0.1, 0.15) is 6.23 Å². The maximum Gasteiger partial charge on any atom is 0.705 e. The lowest BCUT2D eigenvalue weighted by atomic mass is 10.1. The molecule has 0 aliphatic carbocycles. The minimum absolute atomic E-state index is 0.680. The van der Waals surface area contributed by atoms with E-state index in [9.17, 15) is 28.9 Å². The second kappa shape index (κ2) is 7.31. The molecule has 1 aromatic heterocycles. The molecule has 6 atom stereocenters. The lowest BCUT2D eigenvalue weighted by Crippen LogP contribution is -2.37. The molecule has 1 aliphatic rings. The van der Waals surface area contributed by atoms with Crippen molar-refractivity contribution in [2.75, 3.05) is 6.61 Å². The molecule has 2 unspecified atom stereocenters. The molecule has 1 saturated heterocycles. The van der Waals surface area contributed by atoms with Crippen molar-refractivity contribution in [1.29, 1.82) is 0 Å². The van der Waals surface area contributed by atoms with Crippen LogP contribution in [0.4, 0.5) is 0 Å². The van der Waals surface area contributed by atoms with Gasteiger partial charge in [-0.1, -0.05) is 0 Å². The molecule has 1 fully saturated rings. The quantitative estimate of drug-likeness (QED) is 0.336. The first-order chi connectivity index (χ1) is 11.1. The van der Waals surface area contributed by atoms with E-state index in [4.69, 9.17) is 14.5 Å². The fraction of sp³-hybridized carbons (Fsp3) is 0.556. The molecule has 0 saturated carbocycles. The molecule has 2 heterocycles. The molecule has 0 spiro atoms. The van der Waals surface area contributed by atoms with Crippen molar-refractivity contribution in [2.45, 2.75) is 24.5 Å². The van der Waals surface area contributed by atoms with Crippen molar-refractivity contribution in [2.24, 2.45) is 0 Å². The van der Waals surface area contributed by atoms with Gasteiger partial charge in [-0.25, -0.2) is 9.36 Å². The van der Waals surface area contributed by atoms with E-state index in [1.165, 1.54) is 0 Å². The number of ether oxygens (including phenoxy) is 1. The van der Waals surface area contributed by atoms with Gasteiger partial charge in [0.15, 0.2) is 6.23 Å². The van der Waals surface area contributed by atoms with Crippen molar-refractivity contribution in [3.05, 3.63) is 33.1 Å². The molecule has 1 aromatic rings. The number of nitrogens with one attached hydrogen (secondary N) is 1. The number of H-pyrrole nitrogens is 1. The fourth-order valence-electron chi connectivity index (χ4n) is 2.00. The molecule has 0 radical (unpaired) electrons. The lowest BCUT2D eigenvalue weighted by Gasteiger charge is -2.16. The number of aromatic amines is 1. The summed E-state index contributed by atoms with van der Waals surface area (Å²) in [7, 11) is -8.28. The van der Waals surface area contributed by atoms with Gasteiger partial charge in [-0.3, -0.25) is 23.8 Å². The van der Waals surface area contributed by atoms with Crippen molar-refractivity contribution in [1.82, 2.24) is 9.55 Å². The first kappa shape index (κ1) is 19.1. The predicted molar refractivity (Wildman–Crippen MR) is 73.9 cm³/mol. The zero-order valence-electron chi connectivity index (χ0n) is 11.7. The Balaban J connectivity index is 2.10. The monoisotopic (exact) mass is 387 g/mol. The van der Waals surface area contributed by atoms with Crippen molar-refractivity contribution in [3.63, 3.8) is 0 Å². The number of hydrogen-bond donors (Lipinski definition) is 5. The SMILES string of the molecule is O=c1ccn([C@@H]2O[C@H](COP(=O)(O)O[P+](=O)O)[C@@H](O)[C@H]2O)c(=O)[nH]1. The second-order valence-electron chi connectivity index (χ2n) is 4.65. The summed E-state index contributed by atoms with van der Waals surface area (Å²) in [6.07, 6.45) is -4.95. The number of nitrogens with zero attached hydrogens (tertiary/aromatic N) is 1. The lowest BCUT2D eigenvalue weighted by molar-refractivity contribution is -0.0540. The highest BCUT2D eigenvalue weighted by Gasteiger charge is 2.46. The molecular formula is C9H13N2O11P2+. The third-order valence-corrected chi connectivity index (χ3v) is 4.90. The highest BCUT2D eigenvalue weighted by molar-refractivity contribution is 7.55. The smallest absolute Gasteiger partial charge is 0.387 e. The number of aromatic nitrogens is 2. The van der Waals surface area contributed by atoms with Crippen molar-refractivity contribution < 1.29 is 42.7 Å². The van der Waals surface area contributed by atoms with Crippen LogP contribution < -0.4 is 11.2 Å². The Hall–Kier alpha value is -1.27. The number of aliphatic hydroxyl groups is 2. The van der Waals surface area contributed by atoms with E-state index in [-0.39, 0.29) is 0 Å². The molecular weight excluding hydrogens is 374 g/mol. The maximum atomic E-state index is 11.7. The first-order valence-electron chi connectivity index (χ1n) is 6.27. The summed E-state index contributed by atoms with van der Waals surface area (Å²) in [5, 5.41) is 19.8. The average Bonchev–Trinajstić information content (AvgIpc) is 2.72. The summed E-state index contributed by atoms with van der Waals surface area (Å²) >= 11 is 0. The number of phosphoric ester groups is 1. The molecule has 13 nitrogen and oxygen atoms in total. The first-order valence-corrected chi connectivity index (χ1v) is 8.89. The van der Waals surface area contributed by atoms with E-state index in [0.717, 1.165) is 16.8 Å². The Morgan fingerprint density at radius 1 is 1.38 bits per heavy atom. The normalized spacial score (nSPS) is 30.1. The van der Waals surface area contributed by atoms with E-state index in [1.54, 1.807) is 0 Å². The molecule has 134 valence electrons. The van der Waals surface area contributed by atoms with Gasteiger partial charge in [-0.2, -0.15) is 0 Å². The van der Waals surface area contributed by atoms with Gasteiger partial charge in [0, 0.05) is 16.8 Å². The molecule has 0 bridgehead atoms. The second-order valence-corrected chi connectivity index (χ2v) is 6.97. The Kier molecular flexibility index (Phi) is 5.81. The largest absolute Gasteiger partial charge is 0.705 e. The summed E-state index contributed by atoms with van der Waals surface area (Å²) < 4.78 is 35.8.